The highest BCUT2D eigenvalue weighted by Crippen LogP contribution is 2.23. The van der Waals surface area contributed by atoms with Crippen molar-refractivity contribution in [3.8, 4) is 11.5 Å². The summed E-state index contributed by atoms with van der Waals surface area (Å²) in [5.74, 6) is 1.86. The molecule has 0 aliphatic carbocycles. The summed E-state index contributed by atoms with van der Waals surface area (Å²) >= 11 is 0. The minimum Gasteiger partial charge on any atom is -0.480 e. The zero-order valence-electron chi connectivity index (χ0n) is 12.2. The van der Waals surface area contributed by atoms with Gasteiger partial charge in [-0.05, 0) is 55.2 Å². The Hall–Kier alpha value is -1.10. The van der Waals surface area contributed by atoms with E-state index in [0.717, 1.165) is 17.9 Å². The van der Waals surface area contributed by atoms with Crippen LogP contribution in [0.5, 0.6) is 11.5 Å². The molecule has 2 nitrogen and oxygen atoms in total. The van der Waals surface area contributed by atoms with E-state index in [1.165, 1.54) is 16.7 Å². The smallest absolute Gasteiger partial charge is 0.125 e. The fraction of sp³-hybridized carbons (Fsp3) is 0.250. The average Bonchev–Trinajstić information content (AvgIpc) is 2.47. The topological polar surface area (TPSA) is 18.5 Å². The van der Waals surface area contributed by atoms with Crippen LogP contribution >= 0.6 is 18.9 Å². The summed E-state index contributed by atoms with van der Waals surface area (Å²) in [5, 5.41) is 0. The quantitative estimate of drug-likeness (QED) is 0.752. The van der Waals surface area contributed by atoms with Crippen LogP contribution in [-0.2, 0) is 6.42 Å². The average molecular weight is 308 g/mol. The van der Waals surface area contributed by atoms with E-state index in [1.807, 2.05) is 43.3 Å². The van der Waals surface area contributed by atoms with Crippen LogP contribution in [0.2, 0.25) is 0 Å². The van der Waals surface area contributed by atoms with Gasteiger partial charge in [-0.25, -0.2) is 0 Å². The summed E-state index contributed by atoms with van der Waals surface area (Å²) in [5.41, 5.74) is 3.81. The molecule has 0 radical (unpaired) electrons. The Morgan fingerprint density at radius 2 is 1.65 bits per heavy atom. The van der Waals surface area contributed by atoms with Crippen molar-refractivity contribution in [1.82, 2.24) is 0 Å². The first-order chi connectivity index (χ1) is 9.62. The van der Waals surface area contributed by atoms with Gasteiger partial charge in [0.1, 0.15) is 11.5 Å². The normalized spacial score (nSPS) is 9.45. The van der Waals surface area contributed by atoms with Crippen molar-refractivity contribution >= 4 is 18.9 Å². The second-order valence-electron chi connectivity index (χ2n) is 4.46. The first kappa shape index (κ1) is 17.0. The molecule has 0 amide bonds. The molecule has 0 spiro atoms. The number of aryl methyl sites for hydroxylation is 2. The van der Waals surface area contributed by atoms with Crippen LogP contribution < -0.4 is 9.05 Å². The van der Waals surface area contributed by atoms with E-state index in [1.54, 1.807) is 0 Å². The molecular weight excluding hydrogens is 286 g/mol. The number of hydrogen-bond donors (Lipinski definition) is 0. The van der Waals surface area contributed by atoms with Gasteiger partial charge in [-0.2, -0.15) is 0 Å². The van der Waals surface area contributed by atoms with Gasteiger partial charge in [-0.3, -0.25) is 0 Å². The van der Waals surface area contributed by atoms with Crippen molar-refractivity contribution < 1.29 is 9.05 Å². The van der Waals surface area contributed by atoms with E-state index in [0.29, 0.717) is 0 Å². The van der Waals surface area contributed by atoms with Gasteiger partial charge in [0.2, 0.25) is 0 Å². The Bertz CT molecular complexity index is 542. The molecule has 108 valence electrons. The lowest BCUT2D eigenvalue weighted by atomic mass is 10.1. The second kappa shape index (κ2) is 8.95. The molecule has 4 heteroatoms. The van der Waals surface area contributed by atoms with Crippen LogP contribution in [0, 0.1) is 13.8 Å². The fourth-order valence-corrected chi connectivity index (χ4v) is 2.29. The molecule has 0 aliphatic rings. The van der Waals surface area contributed by atoms with Gasteiger partial charge in [-0.1, -0.05) is 31.2 Å². The predicted octanol–water partition coefficient (Wildman–Crippen LogP) is 4.89. The predicted molar refractivity (Wildman–Crippen MR) is 92.4 cm³/mol. The van der Waals surface area contributed by atoms with E-state index >= 15 is 0 Å². The third-order valence-electron chi connectivity index (χ3n) is 2.97. The molecule has 0 aromatic heterocycles. The highest BCUT2D eigenvalue weighted by Gasteiger charge is 2.01. The largest absolute Gasteiger partial charge is 0.480 e. The molecule has 0 saturated heterocycles. The third-order valence-corrected chi connectivity index (χ3v) is 3.50. The van der Waals surface area contributed by atoms with Crippen molar-refractivity contribution in [3.05, 3.63) is 59.2 Å². The Morgan fingerprint density at radius 1 is 0.950 bits per heavy atom. The van der Waals surface area contributed by atoms with Crippen LogP contribution in [-0.4, -0.2) is 0 Å². The summed E-state index contributed by atoms with van der Waals surface area (Å²) in [6, 6.07) is 14.0. The molecule has 2 aromatic carbocycles. The lowest BCUT2D eigenvalue weighted by Gasteiger charge is -2.07. The lowest BCUT2D eigenvalue weighted by Crippen LogP contribution is -1.89. The van der Waals surface area contributed by atoms with Gasteiger partial charge >= 0.3 is 0 Å². The molecular formula is C16H22O2P2. The van der Waals surface area contributed by atoms with Crippen molar-refractivity contribution in [2.75, 3.05) is 0 Å². The molecule has 2 unspecified atom stereocenters. The maximum atomic E-state index is 5.13. The van der Waals surface area contributed by atoms with Crippen LogP contribution in [0.15, 0.2) is 42.5 Å². The summed E-state index contributed by atoms with van der Waals surface area (Å²) in [4.78, 5) is 0. The van der Waals surface area contributed by atoms with E-state index < -0.39 is 0 Å². The first-order valence-electron chi connectivity index (χ1n) is 6.51. The summed E-state index contributed by atoms with van der Waals surface area (Å²) in [6.45, 7) is 6.27. The Kier molecular flexibility index (Phi) is 7.59. The number of hydrogen-bond acceptors (Lipinski definition) is 2. The van der Waals surface area contributed by atoms with Crippen LogP contribution in [0.25, 0.3) is 0 Å². The molecule has 0 heterocycles. The van der Waals surface area contributed by atoms with E-state index in [9.17, 15) is 0 Å². The van der Waals surface area contributed by atoms with Crippen molar-refractivity contribution in [2.45, 2.75) is 27.2 Å². The summed E-state index contributed by atoms with van der Waals surface area (Å²) < 4.78 is 10.0. The van der Waals surface area contributed by atoms with Crippen LogP contribution in [0.4, 0.5) is 0 Å². The first-order valence-corrected chi connectivity index (χ1v) is 7.45. The zero-order chi connectivity index (χ0) is 15.0. The van der Waals surface area contributed by atoms with Gasteiger partial charge in [0.05, 0.1) is 18.9 Å². The van der Waals surface area contributed by atoms with Gasteiger partial charge in [0.15, 0.2) is 0 Å². The number of benzene rings is 2. The SMILES string of the molecule is CCc1c(C)cccc1OP.Cc1cccc(OP)c1. The molecule has 0 fully saturated rings. The molecule has 2 rings (SSSR count). The van der Waals surface area contributed by atoms with Crippen LogP contribution in [0.1, 0.15) is 23.6 Å². The van der Waals surface area contributed by atoms with Gasteiger partial charge in [0, 0.05) is 0 Å². The second-order valence-corrected chi connectivity index (χ2v) is 4.93. The Labute approximate surface area is 126 Å². The minimum atomic E-state index is 0.889. The van der Waals surface area contributed by atoms with E-state index in [4.69, 9.17) is 9.05 Å². The molecule has 20 heavy (non-hydrogen) atoms. The minimum absolute atomic E-state index is 0.889. The monoisotopic (exact) mass is 308 g/mol. The van der Waals surface area contributed by atoms with Crippen molar-refractivity contribution in [2.24, 2.45) is 0 Å². The zero-order valence-corrected chi connectivity index (χ0v) is 14.5. The van der Waals surface area contributed by atoms with Crippen molar-refractivity contribution in [1.29, 1.82) is 0 Å². The van der Waals surface area contributed by atoms with E-state index in [2.05, 4.69) is 38.8 Å². The van der Waals surface area contributed by atoms with Gasteiger partial charge in [-0.15, -0.1) is 0 Å². The molecule has 0 bridgehead atoms. The molecule has 2 aromatic rings. The van der Waals surface area contributed by atoms with Gasteiger partial charge < -0.3 is 9.05 Å². The lowest BCUT2D eigenvalue weighted by molar-refractivity contribution is 0.634. The van der Waals surface area contributed by atoms with Gasteiger partial charge in [0.25, 0.3) is 0 Å². The van der Waals surface area contributed by atoms with Crippen molar-refractivity contribution in [3.63, 3.8) is 0 Å². The molecule has 0 N–H and O–H groups in total. The van der Waals surface area contributed by atoms with E-state index in [-0.39, 0.29) is 0 Å². The Morgan fingerprint density at radius 3 is 2.10 bits per heavy atom. The third kappa shape index (κ3) is 5.12. The number of rotatable bonds is 3. The van der Waals surface area contributed by atoms with Crippen LogP contribution in [0.3, 0.4) is 0 Å². The summed E-state index contributed by atoms with van der Waals surface area (Å²) in [7, 11) is 4.50. The molecule has 0 aliphatic heterocycles. The summed E-state index contributed by atoms with van der Waals surface area (Å²) in [6.07, 6.45) is 1.02. The maximum absolute atomic E-state index is 5.13. The molecule has 2 atom stereocenters. The fourth-order valence-electron chi connectivity index (χ4n) is 1.93. The Balaban J connectivity index is 0.000000204. The maximum Gasteiger partial charge on any atom is 0.125 e. The highest BCUT2D eigenvalue weighted by atomic mass is 31.0. The standard InChI is InChI=1S/C9H13OP.C7H9OP/c1-3-8-7(2)5-4-6-9(8)10-11;1-6-3-2-4-7(5-6)8-9/h4-6H,3,11H2,1-2H3;2-5H,9H2,1H3. The highest BCUT2D eigenvalue weighted by molar-refractivity contribution is 7.10. The molecule has 0 saturated carbocycles.